The van der Waals surface area contributed by atoms with Crippen LogP contribution in [0, 0.1) is 5.92 Å². The summed E-state index contributed by atoms with van der Waals surface area (Å²) in [7, 11) is 3.77. The first-order valence-electron chi connectivity index (χ1n) is 5.66. The SMILES string of the molecule is COc1ccc(C2C(CN)CCN2C)cn1. The zero-order valence-corrected chi connectivity index (χ0v) is 9.89. The van der Waals surface area contributed by atoms with E-state index >= 15 is 0 Å². The molecule has 1 aromatic heterocycles. The van der Waals surface area contributed by atoms with Crippen molar-refractivity contribution in [3.63, 3.8) is 0 Å². The summed E-state index contributed by atoms with van der Waals surface area (Å²) in [5.41, 5.74) is 7.04. The number of rotatable bonds is 3. The molecule has 2 rings (SSSR count). The van der Waals surface area contributed by atoms with Crippen LogP contribution in [0.4, 0.5) is 0 Å². The number of hydrogen-bond acceptors (Lipinski definition) is 4. The molecule has 1 saturated heterocycles. The van der Waals surface area contributed by atoms with E-state index in [1.54, 1.807) is 7.11 Å². The van der Waals surface area contributed by atoms with Crippen molar-refractivity contribution >= 4 is 0 Å². The van der Waals surface area contributed by atoms with Crippen molar-refractivity contribution in [1.82, 2.24) is 9.88 Å². The smallest absolute Gasteiger partial charge is 0.212 e. The Bertz CT molecular complexity index is 339. The summed E-state index contributed by atoms with van der Waals surface area (Å²) in [4.78, 5) is 6.60. The van der Waals surface area contributed by atoms with Crippen LogP contribution in [0.1, 0.15) is 18.0 Å². The van der Waals surface area contributed by atoms with Gasteiger partial charge in [0.15, 0.2) is 0 Å². The number of aromatic nitrogens is 1. The van der Waals surface area contributed by atoms with Gasteiger partial charge in [0, 0.05) is 18.3 Å². The van der Waals surface area contributed by atoms with E-state index in [1.807, 2.05) is 12.3 Å². The fourth-order valence-corrected chi connectivity index (χ4v) is 2.49. The van der Waals surface area contributed by atoms with Crippen LogP contribution in [0.2, 0.25) is 0 Å². The van der Waals surface area contributed by atoms with Crippen molar-refractivity contribution in [3.05, 3.63) is 23.9 Å². The molecule has 4 heteroatoms. The molecule has 1 aliphatic rings. The molecule has 0 aliphatic carbocycles. The first kappa shape index (κ1) is 11.4. The summed E-state index contributed by atoms with van der Waals surface area (Å²) in [5, 5.41) is 0. The van der Waals surface area contributed by atoms with E-state index in [0.717, 1.165) is 13.1 Å². The second kappa shape index (κ2) is 4.80. The van der Waals surface area contributed by atoms with Crippen molar-refractivity contribution in [2.75, 3.05) is 27.2 Å². The maximum Gasteiger partial charge on any atom is 0.212 e. The van der Waals surface area contributed by atoms with Gasteiger partial charge < -0.3 is 10.5 Å². The number of pyridine rings is 1. The first-order valence-corrected chi connectivity index (χ1v) is 5.66. The molecular formula is C12H19N3O. The Morgan fingerprint density at radius 1 is 1.56 bits per heavy atom. The summed E-state index contributed by atoms with van der Waals surface area (Å²) in [5.74, 6) is 1.20. The molecule has 2 N–H and O–H groups in total. The quantitative estimate of drug-likeness (QED) is 0.828. The second-order valence-corrected chi connectivity index (χ2v) is 4.34. The molecule has 2 unspecified atom stereocenters. The van der Waals surface area contributed by atoms with E-state index in [1.165, 1.54) is 12.0 Å². The van der Waals surface area contributed by atoms with E-state index in [2.05, 4.69) is 23.0 Å². The van der Waals surface area contributed by atoms with Crippen LogP contribution in [-0.4, -0.2) is 37.1 Å². The molecule has 0 saturated carbocycles. The third-order valence-electron chi connectivity index (χ3n) is 3.39. The van der Waals surface area contributed by atoms with Gasteiger partial charge >= 0.3 is 0 Å². The number of hydrogen-bond donors (Lipinski definition) is 1. The molecular weight excluding hydrogens is 202 g/mol. The lowest BCUT2D eigenvalue weighted by Crippen LogP contribution is -2.25. The Morgan fingerprint density at radius 3 is 2.94 bits per heavy atom. The van der Waals surface area contributed by atoms with Gasteiger partial charge in [-0.3, -0.25) is 4.90 Å². The second-order valence-electron chi connectivity index (χ2n) is 4.34. The van der Waals surface area contributed by atoms with Crippen LogP contribution in [0.25, 0.3) is 0 Å². The third-order valence-corrected chi connectivity index (χ3v) is 3.39. The van der Waals surface area contributed by atoms with Crippen molar-refractivity contribution in [2.24, 2.45) is 11.7 Å². The van der Waals surface area contributed by atoms with Crippen LogP contribution >= 0.6 is 0 Å². The predicted molar refractivity (Wildman–Crippen MR) is 63.3 cm³/mol. The topological polar surface area (TPSA) is 51.4 Å². The van der Waals surface area contributed by atoms with Gasteiger partial charge in [0.25, 0.3) is 0 Å². The molecule has 88 valence electrons. The summed E-state index contributed by atoms with van der Waals surface area (Å²) in [6, 6.07) is 4.40. The number of ether oxygens (including phenoxy) is 1. The lowest BCUT2D eigenvalue weighted by Gasteiger charge is -2.24. The minimum absolute atomic E-state index is 0.406. The third kappa shape index (κ3) is 2.03. The Balaban J connectivity index is 2.21. The molecule has 1 aliphatic heterocycles. The highest BCUT2D eigenvalue weighted by molar-refractivity contribution is 5.22. The van der Waals surface area contributed by atoms with E-state index in [9.17, 15) is 0 Å². The van der Waals surface area contributed by atoms with Gasteiger partial charge in [0.2, 0.25) is 5.88 Å². The Kier molecular flexibility index (Phi) is 3.41. The zero-order chi connectivity index (χ0) is 11.5. The van der Waals surface area contributed by atoms with E-state index < -0.39 is 0 Å². The summed E-state index contributed by atoms with van der Waals surface area (Å²) < 4.78 is 5.06. The lowest BCUT2D eigenvalue weighted by atomic mass is 9.95. The van der Waals surface area contributed by atoms with Crippen LogP contribution in [0.3, 0.4) is 0 Å². The van der Waals surface area contributed by atoms with Gasteiger partial charge in [-0.2, -0.15) is 0 Å². The molecule has 0 bridgehead atoms. The number of methoxy groups -OCH3 is 1. The molecule has 4 nitrogen and oxygen atoms in total. The molecule has 0 aromatic carbocycles. The minimum atomic E-state index is 0.406. The van der Waals surface area contributed by atoms with Gasteiger partial charge in [0.1, 0.15) is 0 Å². The number of nitrogens with two attached hydrogens (primary N) is 1. The zero-order valence-electron chi connectivity index (χ0n) is 9.89. The standard InChI is InChI=1S/C12H19N3O/c1-15-6-5-9(7-13)12(15)10-3-4-11(16-2)14-8-10/h3-4,8-9,12H,5-7,13H2,1-2H3. The monoisotopic (exact) mass is 221 g/mol. The van der Waals surface area contributed by atoms with Gasteiger partial charge in [-0.05, 0) is 38.0 Å². The fourth-order valence-electron chi connectivity index (χ4n) is 2.49. The van der Waals surface area contributed by atoms with E-state index in [0.29, 0.717) is 17.8 Å². The van der Waals surface area contributed by atoms with Crippen molar-refractivity contribution in [3.8, 4) is 5.88 Å². The van der Waals surface area contributed by atoms with Gasteiger partial charge in [-0.1, -0.05) is 6.07 Å². The van der Waals surface area contributed by atoms with Crippen molar-refractivity contribution in [2.45, 2.75) is 12.5 Å². The highest BCUT2D eigenvalue weighted by Gasteiger charge is 2.31. The van der Waals surface area contributed by atoms with Crippen molar-refractivity contribution in [1.29, 1.82) is 0 Å². The van der Waals surface area contributed by atoms with E-state index in [-0.39, 0.29) is 0 Å². The largest absolute Gasteiger partial charge is 0.481 e. The van der Waals surface area contributed by atoms with Gasteiger partial charge in [-0.25, -0.2) is 4.98 Å². The summed E-state index contributed by atoms with van der Waals surface area (Å²) >= 11 is 0. The summed E-state index contributed by atoms with van der Waals surface area (Å²) in [6.07, 6.45) is 3.07. The maximum absolute atomic E-state index is 5.81. The summed E-state index contributed by atoms with van der Waals surface area (Å²) in [6.45, 7) is 1.85. The van der Waals surface area contributed by atoms with Crippen LogP contribution in [0.15, 0.2) is 18.3 Å². The normalized spacial score (nSPS) is 25.9. The maximum atomic E-state index is 5.81. The molecule has 2 atom stereocenters. The van der Waals surface area contributed by atoms with E-state index in [4.69, 9.17) is 10.5 Å². The van der Waals surface area contributed by atoms with Crippen LogP contribution < -0.4 is 10.5 Å². The molecule has 1 aromatic rings. The number of nitrogens with zero attached hydrogens (tertiary/aromatic N) is 2. The molecule has 0 radical (unpaired) electrons. The lowest BCUT2D eigenvalue weighted by molar-refractivity contribution is 0.278. The minimum Gasteiger partial charge on any atom is -0.481 e. The Morgan fingerprint density at radius 2 is 2.38 bits per heavy atom. The molecule has 0 amide bonds. The molecule has 2 heterocycles. The highest BCUT2D eigenvalue weighted by atomic mass is 16.5. The Labute approximate surface area is 96.4 Å². The highest BCUT2D eigenvalue weighted by Crippen LogP contribution is 2.35. The van der Waals surface area contributed by atoms with Crippen LogP contribution in [0.5, 0.6) is 5.88 Å². The van der Waals surface area contributed by atoms with Crippen LogP contribution in [-0.2, 0) is 0 Å². The molecule has 1 fully saturated rings. The average Bonchev–Trinajstić information content (AvgIpc) is 2.70. The number of likely N-dealkylation sites (tertiary alicyclic amines) is 1. The van der Waals surface area contributed by atoms with Gasteiger partial charge in [0.05, 0.1) is 7.11 Å². The molecule has 0 spiro atoms. The predicted octanol–water partition coefficient (Wildman–Crippen LogP) is 1.04. The first-order chi connectivity index (χ1) is 7.76. The molecule has 16 heavy (non-hydrogen) atoms. The van der Waals surface area contributed by atoms with Gasteiger partial charge in [-0.15, -0.1) is 0 Å². The average molecular weight is 221 g/mol. The van der Waals surface area contributed by atoms with Crippen molar-refractivity contribution < 1.29 is 4.74 Å². The Hall–Kier alpha value is -1.13. The fraction of sp³-hybridized carbons (Fsp3) is 0.583.